The van der Waals surface area contributed by atoms with Gasteiger partial charge >= 0.3 is 0 Å². The molecule has 3 nitrogen and oxygen atoms in total. The van der Waals surface area contributed by atoms with Crippen LogP contribution in [0, 0.1) is 23.3 Å². The zero-order chi connectivity index (χ0) is 15.5. The molecule has 0 heterocycles. The summed E-state index contributed by atoms with van der Waals surface area (Å²) in [7, 11) is 0. The summed E-state index contributed by atoms with van der Waals surface area (Å²) in [5.74, 6) is -8.31. The minimum Gasteiger partial charge on any atom is -0.387 e. The quantitative estimate of drug-likeness (QED) is 0.497. The number of hydrogen-bond acceptors (Lipinski definition) is 3. The molecule has 0 fully saturated rings. The largest absolute Gasteiger partial charge is 0.387 e. The van der Waals surface area contributed by atoms with Crippen molar-refractivity contribution in [1.82, 2.24) is 5.32 Å². The minimum atomic E-state index is -2.05. The summed E-state index contributed by atoms with van der Waals surface area (Å²) >= 11 is 1.32. The Morgan fingerprint density at radius 2 is 1.90 bits per heavy atom. The molecule has 112 valence electrons. The summed E-state index contributed by atoms with van der Waals surface area (Å²) < 4.78 is 52.0. The maximum absolute atomic E-state index is 13.4. The highest BCUT2D eigenvalue weighted by molar-refractivity contribution is 7.98. The van der Waals surface area contributed by atoms with Gasteiger partial charge < -0.3 is 10.4 Å². The van der Waals surface area contributed by atoms with Gasteiger partial charge in [0.15, 0.2) is 23.3 Å². The van der Waals surface area contributed by atoms with E-state index < -0.39 is 40.3 Å². The Balaban J connectivity index is 2.89. The van der Waals surface area contributed by atoms with Crippen LogP contribution in [0.25, 0.3) is 0 Å². The van der Waals surface area contributed by atoms with Gasteiger partial charge in [0.1, 0.15) is 0 Å². The van der Waals surface area contributed by atoms with Crippen molar-refractivity contribution in [3.05, 3.63) is 34.9 Å². The van der Waals surface area contributed by atoms with Gasteiger partial charge in [-0.1, -0.05) is 0 Å². The van der Waals surface area contributed by atoms with Crippen LogP contribution in [0.3, 0.4) is 0 Å². The van der Waals surface area contributed by atoms with Gasteiger partial charge in [0.25, 0.3) is 5.91 Å². The number of thioether (sulfide) groups is 1. The van der Waals surface area contributed by atoms with Crippen molar-refractivity contribution in [2.75, 3.05) is 18.6 Å². The lowest BCUT2D eigenvalue weighted by molar-refractivity contribution is 0.0721. The van der Waals surface area contributed by atoms with E-state index in [9.17, 15) is 27.5 Å². The molecule has 1 atom stereocenters. The molecule has 2 N–H and O–H groups in total. The molecule has 1 unspecified atom stereocenters. The molecule has 0 aromatic heterocycles. The van der Waals surface area contributed by atoms with Crippen molar-refractivity contribution < 1.29 is 27.5 Å². The first kappa shape index (κ1) is 16.8. The Hall–Kier alpha value is -1.28. The highest BCUT2D eigenvalue weighted by Crippen LogP contribution is 2.19. The molecule has 0 spiro atoms. The minimum absolute atomic E-state index is 0.243. The second kappa shape index (κ2) is 6.45. The van der Waals surface area contributed by atoms with Crippen LogP contribution in [0.5, 0.6) is 0 Å². The van der Waals surface area contributed by atoms with Gasteiger partial charge in [-0.25, -0.2) is 17.6 Å². The van der Waals surface area contributed by atoms with Gasteiger partial charge in [-0.15, -0.1) is 0 Å². The van der Waals surface area contributed by atoms with Gasteiger partial charge in [0, 0.05) is 12.3 Å². The van der Waals surface area contributed by atoms with Crippen LogP contribution in [0.2, 0.25) is 0 Å². The van der Waals surface area contributed by atoms with Crippen LogP contribution in [0.15, 0.2) is 6.07 Å². The van der Waals surface area contributed by atoms with E-state index in [1.165, 1.54) is 18.7 Å². The number of nitrogens with one attached hydrogen (secondary N) is 1. The number of carbonyl (C=O) groups is 1. The third-order valence-electron chi connectivity index (χ3n) is 2.43. The standard InChI is InChI=1S/C12H13F4NO2S/c1-12(19,5-20-2)4-17-11(18)6-3-7(13)9(15)10(16)8(6)14/h3,19H,4-5H2,1-2H3,(H,17,18). The number of carbonyl (C=O) groups excluding carboxylic acids is 1. The van der Waals surface area contributed by atoms with E-state index in [2.05, 4.69) is 5.32 Å². The Bertz CT molecular complexity index is 523. The zero-order valence-corrected chi connectivity index (χ0v) is 11.6. The van der Waals surface area contributed by atoms with Crippen molar-refractivity contribution in [2.24, 2.45) is 0 Å². The smallest absolute Gasteiger partial charge is 0.254 e. The Labute approximate surface area is 117 Å². The van der Waals surface area contributed by atoms with Crippen molar-refractivity contribution in [3.8, 4) is 0 Å². The van der Waals surface area contributed by atoms with Gasteiger partial charge in [0.05, 0.1) is 11.2 Å². The second-order valence-electron chi connectivity index (χ2n) is 4.46. The van der Waals surface area contributed by atoms with E-state index in [0.29, 0.717) is 5.75 Å². The fraction of sp³-hybridized carbons (Fsp3) is 0.417. The highest BCUT2D eigenvalue weighted by Gasteiger charge is 2.25. The molecule has 0 aliphatic heterocycles. The van der Waals surface area contributed by atoms with Gasteiger partial charge in [-0.3, -0.25) is 4.79 Å². The molecular weight excluding hydrogens is 298 g/mol. The van der Waals surface area contributed by atoms with Crippen LogP contribution in [-0.4, -0.2) is 35.2 Å². The number of benzene rings is 1. The Kier molecular flexibility index (Phi) is 5.41. The Morgan fingerprint density at radius 1 is 1.30 bits per heavy atom. The predicted molar refractivity (Wildman–Crippen MR) is 67.6 cm³/mol. The summed E-state index contributed by atoms with van der Waals surface area (Å²) in [6, 6.07) is 0.270. The average molecular weight is 311 g/mol. The van der Waals surface area contributed by atoms with Crippen LogP contribution < -0.4 is 5.32 Å². The zero-order valence-electron chi connectivity index (χ0n) is 10.8. The second-order valence-corrected chi connectivity index (χ2v) is 5.33. The van der Waals surface area contributed by atoms with Crippen LogP contribution in [0.1, 0.15) is 17.3 Å². The van der Waals surface area contributed by atoms with Crippen LogP contribution in [0.4, 0.5) is 17.6 Å². The number of amides is 1. The molecule has 0 aliphatic carbocycles. The number of rotatable bonds is 5. The molecular formula is C12H13F4NO2S. The van der Waals surface area contributed by atoms with E-state index in [0.717, 1.165) is 0 Å². The van der Waals surface area contributed by atoms with Gasteiger partial charge in [-0.2, -0.15) is 11.8 Å². The van der Waals surface area contributed by atoms with Crippen molar-refractivity contribution in [1.29, 1.82) is 0 Å². The average Bonchev–Trinajstić information content (AvgIpc) is 2.38. The molecule has 1 aromatic carbocycles. The first-order chi connectivity index (χ1) is 9.19. The topological polar surface area (TPSA) is 49.3 Å². The molecule has 1 aromatic rings. The highest BCUT2D eigenvalue weighted by atomic mass is 32.2. The summed E-state index contributed by atoms with van der Waals surface area (Å²) in [5.41, 5.74) is -2.22. The van der Waals surface area contributed by atoms with E-state index in [4.69, 9.17) is 0 Å². The summed E-state index contributed by atoms with van der Waals surface area (Å²) in [5, 5.41) is 11.9. The maximum atomic E-state index is 13.4. The van der Waals surface area contributed by atoms with Gasteiger partial charge in [-0.05, 0) is 19.2 Å². The maximum Gasteiger partial charge on any atom is 0.254 e. The third kappa shape index (κ3) is 3.86. The summed E-state index contributed by atoms with van der Waals surface area (Å²) in [4.78, 5) is 11.6. The van der Waals surface area contributed by atoms with E-state index >= 15 is 0 Å². The molecule has 0 bridgehead atoms. The monoisotopic (exact) mass is 311 g/mol. The predicted octanol–water partition coefficient (Wildman–Crippen LogP) is 2.09. The lowest BCUT2D eigenvalue weighted by Crippen LogP contribution is -2.42. The number of hydrogen-bond donors (Lipinski definition) is 2. The molecule has 1 rings (SSSR count). The molecule has 0 saturated heterocycles. The van der Waals surface area contributed by atoms with Crippen LogP contribution in [-0.2, 0) is 0 Å². The number of aliphatic hydroxyl groups is 1. The molecule has 0 saturated carbocycles. The molecule has 0 radical (unpaired) electrons. The summed E-state index contributed by atoms with van der Waals surface area (Å²) in [6.45, 7) is 1.19. The lowest BCUT2D eigenvalue weighted by Gasteiger charge is -2.22. The van der Waals surface area contributed by atoms with Crippen LogP contribution >= 0.6 is 11.8 Å². The van der Waals surface area contributed by atoms with Crippen molar-refractivity contribution >= 4 is 17.7 Å². The lowest BCUT2D eigenvalue weighted by atomic mass is 10.1. The van der Waals surface area contributed by atoms with Gasteiger partial charge in [0.2, 0.25) is 0 Å². The summed E-state index contributed by atoms with van der Waals surface area (Å²) in [6.07, 6.45) is 1.74. The Morgan fingerprint density at radius 3 is 2.45 bits per heavy atom. The molecule has 8 heteroatoms. The first-order valence-electron chi connectivity index (χ1n) is 5.52. The first-order valence-corrected chi connectivity index (χ1v) is 6.91. The normalized spacial score (nSPS) is 13.9. The van der Waals surface area contributed by atoms with Crippen molar-refractivity contribution in [2.45, 2.75) is 12.5 Å². The SMILES string of the molecule is CSCC(C)(O)CNC(=O)c1cc(F)c(F)c(F)c1F. The fourth-order valence-corrected chi connectivity index (χ4v) is 2.19. The number of halogens is 4. The molecule has 0 aliphatic rings. The molecule has 1 amide bonds. The third-order valence-corrected chi connectivity index (χ3v) is 3.34. The molecule has 20 heavy (non-hydrogen) atoms. The van der Waals surface area contributed by atoms with E-state index in [1.54, 1.807) is 6.26 Å². The fourth-order valence-electron chi connectivity index (χ4n) is 1.47. The van der Waals surface area contributed by atoms with E-state index in [-0.39, 0.29) is 12.6 Å². The van der Waals surface area contributed by atoms with E-state index in [1.807, 2.05) is 0 Å². The van der Waals surface area contributed by atoms with Crippen molar-refractivity contribution in [3.63, 3.8) is 0 Å².